The summed E-state index contributed by atoms with van der Waals surface area (Å²) in [5.41, 5.74) is 1.21. The zero-order chi connectivity index (χ0) is 17.7. The number of primary sulfonamides is 1. The first kappa shape index (κ1) is 18.4. The number of carbonyl (C=O) groups excluding carboxylic acids is 1. The first-order chi connectivity index (χ1) is 11.2. The van der Waals surface area contributed by atoms with Crippen LogP contribution in [-0.4, -0.2) is 49.1 Å². The molecule has 1 heterocycles. The molecule has 8 heteroatoms. The number of sulfonamides is 1. The van der Waals surface area contributed by atoms with Crippen molar-refractivity contribution < 1.29 is 23.1 Å². The number of nitrogens with zero attached hydrogens (tertiary/aromatic N) is 1. The summed E-state index contributed by atoms with van der Waals surface area (Å²) < 4.78 is 21.8. The minimum absolute atomic E-state index is 0.0552. The van der Waals surface area contributed by atoms with Gasteiger partial charge in [-0.3, -0.25) is 4.79 Å². The standard InChI is InChI=1S/C16H22N2O5S/c17-24(22,23)8-2-5-15(19)18-7-6-13(11-18)9-12-3-1-4-14(10-12)16(20)21/h1,3-4,10,13H,2,5-9,11H2,(H,20,21)(H2,17,22,23)/t13-/m1/s1. The molecule has 1 atom stereocenters. The number of hydrogen-bond donors (Lipinski definition) is 2. The molecule has 24 heavy (non-hydrogen) atoms. The zero-order valence-corrected chi connectivity index (χ0v) is 14.2. The lowest BCUT2D eigenvalue weighted by molar-refractivity contribution is -0.130. The second-order valence-electron chi connectivity index (χ2n) is 6.17. The molecular weight excluding hydrogens is 332 g/mol. The summed E-state index contributed by atoms with van der Waals surface area (Å²) in [5, 5.41) is 13.9. The quantitative estimate of drug-likeness (QED) is 0.752. The topological polar surface area (TPSA) is 118 Å². The van der Waals surface area contributed by atoms with E-state index >= 15 is 0 Å². The van der Waals surface area contributed by atoms with E-state index < -0.39 is 16.0 Å². The number of nitrogens with two attached hydrogens (primary N) is 1. The van der Waals surface area contributed by atoms with E-state index in [1.165, 1.54) is 0 Å². The number of rotatable bonds is 7. The van der Waals surface area contributed by atoms with E-state index in [9.17, 15) is 18.0 Å². The number of carboxylic acid groups (broad SMARTS) is 1. The van der Waals surface area contributed by atoms with E-state index in [0.29, 0.717) is 13.1 Å². The summed E-state index contributed by atoms with van der Waals surface area (Å²) in [6.07, 6.45) is 2.00. The fourth-order valence-electron chi connectivity index (χ4n) is 2.97. The molecule has 0 bridgehead atoms. The maximum absolute atomic E-state index is 12.1. The summed E-state index contributed by atoms with van der Waals surface area (Å²) in [5.74, 6) is -0.899. The van der Waals surface area contributed by atoms with Crippen molar-refractivity contribution in [2.75, 3.05) is 18.8 Å². The number of hydrogen-bond acceptors (Lipinski definition) is 4. The molecule has 7 nitrogen and oxygen atoms in total. The van der Waals surface area contributed by atoms with Gasteiger partial charge in [-0.15, -0.1) is 0 Å². The number of carboxylic acids is 1. The summed E-state index contributed by atoms with van der Waals surface area (Å²) in [6, 6.07) is 6.84. The maximum atomic E-state index is 12.1. The van der Waals surface area contributed by atoms with Crippen LogP contribution in [0.5, 0.6) is 0 Å². The van der Waals surface area contributed by atoms with Crippen LogP contribution < -0.4 is 5.14 Å². The van der Waals surface area contributed by atoms with Gasteiger partial charge in [-0.1, -0.05) is 12.1 Å². The Hall–Kier alpha value is -1.93. The van der Waals surface area contributed by atoms with E-state index in [-0.39, 0.29) is 36.0 Å². The minimum atomic E-state index is -3.52. The Bertz CT molecular complexity index is 717. The second-order valence-corrected chi connectivity index (χ2v) is 7.91. The van der Waals surface area contributed by atoms with E-state index in [0.717, 1.165) is 18.4 Å². The Labute approximate surface area is 141 Å². The highest BCUT2D eigenvalue weighted by molar-refractivity contribution is 7.89. The van der Waals surface area contributed by atoms with Crippen LogP contribution in [0.4, 0.5) is 0 Å². The van der Waals surface area contributed by atoms with Gasteiger partial charge in [0, 0.05) is 19.5 Å². The predicted molar refractivity (Wildman–Crippen MR) is 89.0 cm³/mol. The fourth-order valence-corrected chi connectivity index (χ4v) is 3.52. The van der Waals surface area contributed by atoms with Gasteiger partial charge in [0.05, 0.1) is 11.3 Å². The highest BCUT2D eigenvalue weighted by atomic mass is 32.2. The lowest BCUT2D eigenvalue weighted by Gasteiger charge is -2.16. The molecule has 1 aliphatic heterocycles. The first-order valence-electron chi connectivity index (χ1n) is 7.85. The summed E-state index contributed by atoms with van der Waals surface area (Å²) >= 11 is 0. The summed E-state index contributed by atoms with van der Waals surface area (Å²) in [4.78, 5) is 24.8. The van der Waals surface area contributed by atoms with Crippen molar-refractivity contribution in [3.05, 3.63) is 35.4 Å². The molecule has 0 aromatic heterocycles. The van der Waals surface area contributed by atoms with Gasteiger partial charge in [-0.25, -0.2) is 18.4 Å². The van der Waals surface area contributed by atoms with Gasteiger partial charge < -0.3 is 10.0 Å². The van der Waals surface area contributed by atoms with Gasteiger partial charge >= 0.3 is 5.97 Å². The Balaban J connectivity index is 1.83. The van der Waals surface area contributed by atoms with Crippen molar-refractivity contribution in [2.45, 2.75) is 25.7 Å². The SMILES string of the molecule is NS(=O)(=O)CCCC(=O)N1CC[C@H](Cc2cccc(C(=O)O)c2)C1. The van der Waals surface area contributed by atoms with E-state index in [4.69, 9.17) is 10.2 Å². The van der Waals surface area contributed by atoms with Crippen LogP contribution in [0.2, 0.25) is 0 Å². The molecule has 2 rings (SSSR count). The van der Waals surface area contributed by atoms with Crippen LogP contribution in [0.3, 0.4) is 0 Å². The normalized spacial score (nSPS) is 17.9. The summed E-state index contributed by atoms with van der Waals surface area (Å²) in [7, 11) is -3.52. The molecule has 3 N–H and O–H groups in total. The van der Waals surface area contributed by atoms with Gasteiger partial charge in [0.15, 0.2) is 0 Å². The average Bonchev–Trinajstić information content (AvgIpc) is 2.94. The monoisotopic (exact) mass is 354 g/mol. The number of aromatic carboxylic acids is 1. The van der Waals surface area contributed by atoms with E-state index in [1.807, 2.05) is 6.07 Å². The molecule has 1 saturated heterocycles. The second kappa shape index (κ2) is 7.76. The average molecular weight is 354 g/mol. The van der Waals surface area contributed by atoms with Crippen LogP contribution in [0, 0.1) is 5.92 Å². The third-order valence-electron chi connectivity index (χ3n) is 4.16. The van der Waals surface area contributed by atoms with E-state index in [2.05, 4.69) is 0 Å². The lowest BCUT2D eigenvalue weighted by Crippen LogP contribution is -2.29. The van der Waals surface area contributed by atoms with Crippen molar-refractivity contribution >= 4 is 21.9 Å². The Morgan fingerprint density at radius 2 is 2.08 bits per heavy atom. The number of carbonyl (C=O) groups is 2. The van der Waals surface area contributed by atoms with Gasteiger partial charge in [0.25, 0.3) is 0 Å². The van der Waals surface area contributed by atoms with E-state index in [1.54, 1.807) is 23.1 Å². The van der Waals surface area contributed by atoms with Crippen molar-refractivity contribution in [2.24, 2.45) is 11.1 Å². The van der Waals surface area contributed by atoms with Crippen LogP contribution in [0.25, 0.3) is 0 Å². The Morgan fingerprint density at radius 1 is 1.33 bits per heavy atom. The van der Waals surface area contributed by atoms with Crippen molar-refractivity contribution in [3.8, 4) is 0 Å². The highest BCUT2D eigenvalue weighted by Gasteiger charge is 2.26. The molecular formula is C16H22N2O5S. The molecule has 1 aromatic carbocycles. The molecule has 1 aromatic rings. The first-order valence-corrected chi connectivity index (χ1v) is 9.56. The molecule has 0 radical (unpaired) electrons. The number of benzene rings is 1. The van der Waals surface area contributed by atoms with Crippen molar-refractivity contribution in [1.29, 1.82) is 0 Å². The largest absolute Gasteiger partial charge is 0.478 e. The fraction of sp³-hybridized carbons (Fsp3) is 0.500. The smallest absolute Gasteiger partial charge is 0.335 e. The van der Waals surface area contributed by atoms with Gasteiger partial charge in [0.1, 0.15) is 0 Å². The number of amides is 1. The maximum Gasteiger partial charge on any atom is 0.335 e. The third kappa shape index (κ3) is 5.61. The third-order valence-corrected chi connectivity index (χ3v) is 5.01. The zero-order valence-electron chi connectivity index (χ0n) is 13.3. The van der Waals surface area contributed by atoms with Crippen LogP contribution in [0.15, 0.2) is 24.3 Å². The molecule has 1 aliphatic rings. The van der Waals surface area contributed by atoms with Gasteiger partial charge in [-0.2, -0.15) is 0 Å². The minimum Gasteiger partial charge on any atom is -0.478 e. The Morgan fingerprint density at radius 3 is 2.75 bits per heavy atom. The van der Waals surface area contributed by atoms with Gasteiger partial charge in [0.2, 0.25) is 15.9 Å². The van der Waals surface area contributed by atoms with Crippen LogP contribution >= 0.6 is 0 Å². The molecule has 1 amide bonds. The molecule has 0 saturated carbocycles. The predicted octanol–water partition coefficient (Wildman–Crippen LogP) is 0.845. The molecule has 1 fully saturated rings. The molecule has 0 aliphatic carbocycles. The molecule has 0 spiro atoms. The number of likely N-dealkylation sites (tertiary alicyclic amines) is 1. The Kier molecular flexibility index (Phi) is 5.95. The highest BCUT2D eigenvalue weighted by Crippen LogP contribution is 2.22. The molecule has 132 valence electrons. The van der Waals surface area contributed by atoms with Crippen LogP contribution in [-0.2, 0) is 21.2 Å². The summed E-state index contributed by atoms with van der Waals surface area (Å²) in [6.45, 7) is 1.27. The molecule has 0 unspecified atom stereocenters. The van der Waals surface area contributed by atoms with Crippen molar-refractivity contribution in [3.63, 3.8) is 0 Å². The van der Waals surface area contributed by atoms with Gasteiger partial charge in [-0.05, 0) is 42.9 Å². The lowest BCUT2D eigenvalue weighted by atomic mass is 9.97. The van der Waals surface area contributed by atoms with Crippen LogP contribution in [0.1, 0.15) is 35.2 Å². The van der Waals surface area contributed by atoms with Crippen molar-refractivity contribution in [1.82, 2.24) is 4.90 Å².